The third-order valence-electron chi connectivity index (χ3n) is 2.22. The summed E-state index contributed by atoms with van der Waals surface area (Å²) in [5.74, 6) is -1.80. The SMILES string of the molecule is Cc1c(Cl)ncnc1-c1ccc(F)c(F)c1. The lowest BCUT2D eigenvalue weighted by Gasteiger charge is -2.05. The van der Waals surface area contributed by atoms with E-state index in [1.165, 1.54) is 12.4 Å². The lowest BCUT2D eigenvalue weighted by Crippen LogP contribution is -1.93. The number of aromatic nitrogens is 2. The summed E-state index contributed by atoms with van der Waals surface area (Å²) in [4.78, 5) is 7.79. The standard InChI is InChI=1S/C11H7ClF2N2/c1-6-10(15-5-16-11(6)12)7-2-3-8(13)9(14)4-7/h2-5H,1H3. The van der Waals surface area contributed by atoms with Crippen LogP contribution in [0.3, 0.4) is 0 Å². The second kappa shape index (κ2) is 4.14. The number of rotatable bonds is 1. The minimum atomic E-state index is -0.911. The Kier molecular flexibility index (Phi) is 2.83. The Bertz CT molecular complexity index is 544. The van der Waals surface area contributed by atoms with Crippen molar-refractivity contribution in [2.24, 2.45) is 0 Å². The molecule has 0 aliphatic rings. The zero-order valence-corrected chi connectivity index (χ0v) is 9.09. The summed E-state index contributed by atoms with van der Waals surface area (Å²) in [7, 11) is 0. The van der Waals surface area contributed by atoms with Crippen molar-refractivity contribution >= 4 is 11.6 Å². The Hall–Kier alpha value is -1.55. The Morgan fingerprint density at radius 2 is 1.88 bits per heavy atom. The van der Waals surface area contributed by atoms with Gasteiger partial charge in [-0.25, -0.2) is 18.7 Å². The molecule has 0 saturated heterocycles. The first-order valence-electron chi connectivity index (χ1n) is 4.52. The van der Waals surface area contributed by atoms with E-state index in [0.29, 0.717) is 22.0 Å². The zero-order chi connectivity index (χ0) is 11.7. The number of benzene rings is 1. The summed E-state index contributed by atoms with van der Waals surface area (Å²) in [6.07, 6.45) is 1.28. The van der Waals surface area contributed by atoms with Crippen LogP contribution < -0.4 is 0 Å². The third kappa shape index (κ3) is 1.88. The van der Waals surface area contributed by atoms with Crippen molar-refractivity contribution in [1.29, 1.82) is 0 Å². The van der Waals surface area contributed by atoms with Crippen molar-refractivity contribution in [3.8, 4) is 11.3 Å². The van der Waals surface area contributed by atoms with Crippen LogP contribution in [0.4, 0.5) is 8.78 Å². The van der Waals surface area contributed by atoms with E-state index in [-0.39, 0.29) is 0 Å². The van der Waals surface area contributed by atoms with Crippen LogP contribution in [0.2, 0.25) is 5.15 Å². The number of hydrogen-bond acceptors (Lipinski definition) is 2. The molecule has 0 atom stereocenters. The monoisotopic (exact) mass is 240 g/mol. The van der Waals surface area contributed by atoms with Gasteiger partial charge in [0.1, 0.15) is 11.5 Å². The fourth-order valence-electron chi connectivity index (χ4n) is 1.36. The van der Waals surface area contributed by atoms with Crippen molar-refractivity contribution in [2.75, 3.05) is 0 Å². The fraction of sp³-hybridized carbons (Fsp3) is 0.0909. The van der Waals surface area contributed by atoms with Crippen LogP contribution in [-0.4, -0.2) is 9.97 Å². The lowest BCUT2D eigenvalue weighted by molar-refractivity contribution is 0.509. The van der Waals surface area contributed by atoms with Crippen molar-refractivity contribution in [3.05, 3.63) is 46.9 Å². The van der Waals surface area contributed by atoms with Crippen molar-refractivity contribution in [2.45, 2.75) is 6.92 Å². The summed E-state index contributed by atoms with van der Waals surface area (Å²) in [6.45, 7) is 1.72. The van der Waals surface area contributed by atoms with Crippen LogP contribution in [0, 0.1) is 18.6 Å². The summed E-state index contributed by atoms with van der Waals surface area (Å²) >= 11 is 5.82. The van der Waals surface area contributed by atoms with E-state index in [1.807, 2.05) is 0 Å². The highest BCUT2D eigenvalue weighted by atomic mass is 35.5. The maximum atomic E-state index is 13.0. The van der Waals surface area contributed by atoms with Crippen LogP contribution in [0.25, 0.3) is 11.3 Å². The van der Waals surface area contributed by atoms with Gasteiger partial charge in [-0.1, -0.05) is 11.6 Å². The molecule has 0 fully saturated rings. The highest BCUT2D eigenvalue weighted by Gasteiger charge is 2.10. The molecule has 1 heterocycles. The van der Waals surface area contributed by atoms with E-state index < -0.39 is 11.6 Å². The van der Waals surface area contributed by atoms with Crippen LogP contribution in [0.15, 0.2) is 24.5 Å². The summed E-state index contributed by atoms with van der Waals surface area (Å²) < 4.78 is 25.8. The van der Waals surface area contributed by atoms with E-state index in [4.69, 9.17) is 11.6 Å². The first-order chi connectivity index (χ1) is 7.59. The Balaban J connectivity index is 2.59. The smallest absolute Gasteiger partial charge is 0.159 e. The summed E-state index contributed by atoms with van der Waals surface area (Å²) in [5, 5.41) is 0.301. The third-order valence-corrected chi connectivity index (χ3v) is 2.60. The number of nitrogens with zero attached hydrogens (tertiary/aromatic N) is 2. The van der Waals surface area contributed by atoms with E-state index in [2.05, 4.69) is 9.97 Å². The molecule has 0 aliphatic carbocycles. The largest absolute Gasteiger partial charge is 0.236 e. The van der Waals surface area contributed by atoms with Crippen LogP contribution >= 0.6 is 11.6 Å². The Labute approximate surface area is 95.9 Å². The van der Waals surface area contributed by atoms with Gasteiger partial charge >= 0.3 is 0 Å². The molecule has 0 spiro atoms. The predicted octanol–water partition coefficient (Wildman–Crippen LogP) is 3.38. The topological polar surface area (TPSA) is 25.8 Å². The molecule has 82 valence electrons. The first-order valence-corrected chi connectivity index (χ1v) is 4.90. The second-order valence-corrected chi connectivity index (χ2v) is 3.62. The molecule has 2 nitrogen and oxygen atoms in total. The fourth-order valence-corrected chi connectivity index (χ4v) is 1.50. The van der Waals surface area contributed by atoms with E-state index in [0.717, 1.165) is 12.1 Å². The quantitative estimate of drug-likeness (QED) is 0.714. The summed E-state index contributed by atoms with van der Waals surface area (Å²) in [5.41, 5.74) is 1.61. The molecule has 0 saturated carbocycles. The zero-order valence-electron chi connectivity index (χ0n) is 8.34. The lowest BCUT2D eigenvalue weighted by atomic mass is 10.1. The first kappa shape index (κ1) is 11.0. The molecule has 0 amide bonds. The van der Waals surface area contributed by atoms with E-state index in [1.54, 1.807) is 6.92 Å². The molecule has 0 unspecified atom stereocenters. The number of halogens is 3. The highest BCUT2D eigenvalue weighted by Crippen LogP contribution is 2.25. The predicted molar refractivity (Wildman–Crippen MR) is 57.1 cm³/mol. The molecular weight excluding hydrogens is 234 g/mol. The van der Waals surface area contributed by atoms with Gasteiger partial charge in [-0.3, -0.25) is 0 Å². The summed E-state index contributed by atoms with van der Waals surface area (Å²) in [6, 6.07) is 3.59. The van der Waals surface area contributed by atoms with Gasteiger partial charge in [0.05, 0.1) is 5.69 Å². The van der Waals surface area contributed by atoms with Gasteiger partial charge in [-0.2, -0.15) is 0 Å². The van der Waals surface area contributed by atoms with E-state index >= 15 is 0 Å². The van der Waals surface area contributed by atoms with Gasteiger partial charge in [0, 0.05) is 11.1 Å². The maximum Gasteiger partial charge on any atom is 0.159 e. The minimum Gasteiger partial charge on any atom is -0.236 e. The molecule has 5 heteroatoms. The van der Waals surface area contributed by atoms with Crippen molar-refractivity contribution in [3.63, 3.8) is 0 Å². The Morgan fingerprint density at radius 1 is 1.12 bits per heavy atom. The van der Waals surface area contributed by atoms with Crippen LogP contribution in [0.1, 0.15) is 5.56 Å². The molecular formula is C11H7ClF2N2. The Morgan fingerprint density at radius 3 is 2.56 bits per heavy atom. The molecule has 2 aromatic rings. The van der Waals surface area contributed by atoms with Gasteiger partial charge in [0.15, 0.2) is 11.6 Å². The van der Waals surface area contributed by atoms with Crippen molar-refractivity contribution < 1.29 is 8.78 Å². The van der Waals surface area contributed by atoms with Gasteiger partial charge in [-0.15, -0.1) is 0 Å². The molecule has 0 N–H and O–H groups in total. The molecule has 0 bridgehead atoms. The molecule has 1 aromatic carbocycles. The van der Waals surface area contributed by atoms with Crippen LogP contribution in [0.5, 0.6) is 0 Å². The van der Waals surface area contributed by atoms with Gasteiger partial charge in [0.25, 0.3) is 0 Å². The van der Waals surface area contributed by atoms with Crippen LogP contribution in [-0.2, 0) is 0 Å². The van der Waals surface area contributed by atoms with Gasteiger partial charge in [0.2, 0.25) is 0 Å². The molecule has 1 aromatic heterocycles. The van der Waals surface area contributed by atoms with Gasteiger partial charge in [-0.05, 0) is 25.1 Å². The molecule has 16 heavy (non-hydrogen) atoms. The minimum absolute atomic E-state index is 0.301. The normalized spacial score (nSPS) is 10.5. The highest BCUT2D eigenvalue weighted by molar-refractivity contribution is 6.30. The molecule has 2 rings (SSSR count). The number of hydrogen-bond donors (Lipinski definition) is 0. The van der Waals surface area contributed by atoms with Gasteiger partial charge < -0.3 is 0 Å². The average Bonchev–Trinajstić information content (AvgIpc) is 2.26. The van der Waals surface area contributed by atoms with Crippen molar-refractivity contribution in [1.82, 2.24) is 9.97 Å². The maximum absolute atomic E-state index is 13.0. The molecule has 0 radical (unpaired) electrons. The average molecular weight is 241 g/mol. The second-order valence-electron chi connectivity index (χ2n) is 3.27. The van der Waals surface area contributed by atoms with E-state index in [9.17, 15) is 8.78 Å². The molecule has 0 aliphatic heterocycles.